The molecule has 0 aromatic carbocycles. The van der Waals surface area contributed by atoms with Gasteiger partial charge in [0.1, 0.15) is 11.5 Å². The summed E-state index contributed by atoms with van der Waals surface area (Å²) >= 11 is 1.01. The number of thiophene rings is 1. The first-order chi connectivity index (χ1) is 6.15. The van der Waals surface area contributed by atoms with Gasteiger partial charge in [-0.2, -0.15) is 0 Å². The predicted molar refractivity (Wildman–Crippen MR) is 47.0 cm³/mol. The van der Waals surface area contributed by atoms with Crippen molar-refractivity contribution < 1.29 is 19.8 Å². The molecule has 0 spiro atoms. The molecule has 0 bridgehead atoms. The molecule has 13 heavy (non-hydrogen) atoms. The largest absolute Gasteiger partial charge is 0.477 e. The second-order valence-electron chi connectivity index (χ2n) is 2.17. The van der Waals surface area contributed by atoms with Crippen LogP contribution in [0.2, 0.25) is 0 Å². The van der Waals surface area contributed by atoms with Gasteiger partial charge < -0.3 is 15.5 Å². The minimum atomic E-state index is -1.09. The molecule has 0 fully saturated rings. The Hall–Kier alpha value is -1.40. The Morgan fingerprint density at radius 3 is 2.77 bits per heavy atom. The SMILES string of the molecule is O=C(CO)Nc1ccsc1C(=O)O. The number of aliphatic hydroxyl groups excluding tert-OH is 1. The van der Waals surface area contributed by atoms with Crippen molar-refractivity contribution in [3.05, 3.63) is 16.3 Å². The van der Waals surface area contributed by atoms with Gasteiger partial charge in [-0.3, -0.25) is 4.79 Å². The molecule has 0 aliphatic rings. The molecule has 0 aliphatic heterocycles. The van der Waals surface area contributed by atoms with Gasteiger partial charge in [0.25, 0.3) is 0 Å². The number of rotatable bonds is 3. The van der Waals surface area contributed by atoms with Crippen molar-refractivity contribution in [2.45, 2.75) is 0 Å². The highest BCUT2D eigenvalue weighted by Gasteiger charge is 2.12. The van der Waals surface area contributed by atoms with E-state index in [1.54, 1.807) is 5.38 Å². The molecule has 1 aromatic rings. The van der Waals surface area contributed by atoms with Crippen molar-refractivity contribution in [1.29, 1.82) is 0 Å². The molecule has 0 aliphatic carbocycles. The number of aromatic carboxylic acids is 1. The van der Waals surface area contributed by atoms with Crippen LogP contribution in [0.1, 0.15) is 9.67 Å². The Morgan fingerprint density at radius 1 is 1.54 bits per heavy atom. The highest BCUT2D eigenvalue weighted by molar-refractivity contribution is 7.12. The van der Waals surface area contributed by atoms with Crippen LogP contribution < -0.4 is 5.32 Å². The average Bonchev–Trinajstić information content (AvgIpc) is 2.52. The summed E-state index contributed by atoms with van der Waals surface area (Å²) in [5.74, 6) is -1.72. The first-order valence-corrected chi connectivity index (χ1v) is 4.24. The number of nitrogens with one attached hydrogen (secondary N) is 1. The van der Waals surface area contributed by atoms with E-state index >= 15 is 0 Å². The Morgan fingerprint density at radius 2 is 2.23 bits per heavy atom. The number of anilines is 1. The summed E-state index contributed by atoms with van der Waals surface area (Å²) in [6.07, 6.45) is 0. The normalized spacial score (nSPS) is 9.62. The topological polar surface area (TPSA) is 86.6 Å². The van der Waals surface area contributed by atoms with Crippen LogP contribution in [0.4, 0.5) is 5.69 Å². The van der Waals surface area contributed by atoms with Crippen LogP contribution in [0.25, 0.3) is 0 Å². The molecule has 1 amide bonds. The molecule has 0 saturated heterocycles. The van der Waals surface area contributed by atoms with Crippen LogP contribution in [0, 0.1) is 0 Å². The zero-order valence-corrected chi connectivity index (χ0v) is 7.30. The molecule has 1 aromatic heterocycles. The average molecular weight is 201 g/mol. The minimum Gasteiger partial charge on any atom is -0.477 e. The molecule has 0 saturated carbocycles. The fraction of sp³-hybridized carbons (Fsp3) is 0.143. The summed E-state index contributed by atoms with van der Waals surface area (Å²) in [6, 6.07) is 1.47. The first kappa shape index (κ1) is 9.69. The van der Waals surface area contributed by atoms with Crippen LogP contribution in [-0.2, 0) is 4.79 Å². The lowest BCUT2D eigenvalue weighted by Crippen LogP contribution is -2.16. The van der Waals surface area contributed by atoms with Crippen molar-refractivity contribution in [1.82, 2.24) is 0 Å². The number of amides is 1. The molecule has 3 N–H and O–H groups in total. The molecule has 5 nitrogen and oxygen atoms in total. The lowest BCUT2D eigenvalue weighted by molar-refractivity contribution is -0.118. The highest BCUT2D eigenvalue weighted by Crippen LogP contribution is 2.21. The molecule has 1 rings (SSSR count). The van der Waals surface area contributed by atoms with Gasteiger partial charge in [-0.05, 0) is 11.4 Å². The third kappa shape index (κ3) is 2.27. The summed E-state index contributed by atoms with van der Waals surface area (Å²) < 4.78 is 0. The van der Waals surface area contributed by atoms with Crippen molar-refractivity contribution in [3.8, 4) is 0 Å². The van der Waals surface area contributed by atoms with E-state index in [0.717, 1.165) is 11.3 Å². The molecule has 70 valence electrons. The molecule has 0 radical (unpaired) electrons. The van der Waals surface area contributed by atoms with Crippen molar-refractivity contribution >= 4 is 28.9 Å². The number of carbonyl (C=O) groups is 2. The van der Waals surface area contributed by atoms with Gasteiger partial charge in [0.15, 0.2) is 0 Å². The van der Waals surface area contributed by atoms with E-state index in [0.29, 0.717) is 0 Å². The van der Waals surface area contributed by atoms with Gasteiger partial charge in [-0.1, -0.05) is 0 Å². The maximum atomic E-state index is 10.7. The maximum Gasteiger partial charge on any atom is 0.348 e. The molecule has 6 heteroatoms. The second kappa shape index (κ2) is 4.01. The van der Waals surface area contributed by atoms with Crippen LogP contribution in [0.3, 0.4) is 0 Å². The van der Waals surface area contributed by atoms with Crippen LogP contribution in [0.5, 0.6) is 0 Å². The van der Waals surface area contributed by atoms with Crippen molar-refractivity contribution in [3.63, 3.8) is 0 Å². The number of carboxylic acids is 1. The number of hydrogen-bond donors (Lipinski definition) is 3. The van der Waals surface area contributed by atoms with E-state index in [9.17, 15) is 9.59 Å². The monoisotopic (exact) mass is 201 g/mol. The first-order valence-electron chi connectivity index (χ1n) is 3.36. The number of aliphatic hydroxyl groups is 1. The molecule has 1 heterocycles. The summed E-state index contributed by atoms with van der Waals surface area (Å²) in [7, 11) is 0. The Labute approximate surface area is 77.6 Å². The summed E-state index contributed by atoms with van der Waals surface area (Å²) in [5.41, 5.74) is 0.219. The van der Waals surface area contributed by atoms with Gasteiger partial charge in [-0.25, -0.2) is 4.79 Å². The van der Waals surface area contributed by atoms with E-state index < -0.39 is 18.5 Å². The summed E-state index contributed by atoms with van der Waals surface area (Å²) in [6.45, 7) is -0.658. The smallest absolute Gasteiger partial charge is 0.348 e. The van der Waals surface area contributed by atoms with Crippen LogP contribution in [0.15, 0.2) is 11.4 Å². The summed E-state index contributed by atoms with van der Waals surface area (Å²) in [5, 5.41) is 20.9. The number of hydrogen-bond acceptors (Lipinski definition) is 4. The van der Waals surface area contributed by atoms with E-state index in [1.807, 2.05) is 0 Å². The van der Waals surface area contributed by atoms with Gasteiger partial charge in [0.05, 0.1) is 5.69 Å². The van der Waals surface area contributed by atoms with Crippen molar-refractivity contribution in [2.24, 2.45) is 0 Å². The summed E-state index contributed by atoms with van der Waals surface area (Å²) in [4.78, 5) is 21.3. The third-order valence-corrected chi connectivity index (χ3v) is 2.18. The fourth-order valence-electron chi connectivity index (χ4n) is 0.763. The highest BCUT2D eigenvalue weighted by atomic mass is 32.1. The Kier molecular flexibility index (Phi) is 2.99. The molecular weight excluding hydrogens is 194 g/mol. The van der Waals surface area contributed by atoms with Gasteiger partial charge >= 0.3 is 5.97 Å². The van der Waals surface area contributed by atoms with Gasteiger partial charge in [0.2, 0.25) is 5.91 Å². The Bertz CT molecular complexity index is 333. The van der Waals surface area contributed by atoms with Gasteiger partial charge in [-0.15, -0.1) is 11.3 Å². The van der Waals surface area contributed by atoms with E-state index in [4.69, 9.17) is 10.2 Å². The van der Waals surface area contributed by atoms with E-state index in [1.165, 1.54) is 6.07 Å². The zero-order chi connectivity index (χ0) is 9.84. The predicted octanol–water partition coefficient (Wildman–Crippen LogP) is 0.377. The fourth-order valence-corrected chi connectivity index (χ4v) is 1.45. The lowest BCUT2D eigenvalue weighted by Gasteiger charge is -2.00. The molecular formula is C7H7NO4S. The van der Waals surface area contributed by atoms with Crippen molar-refractivity contribution in [2.75, 3.05) is 11.9 Å². The van der Waals surface area contributed by atoms with E-state index in [2.05, 4.69) is 5.32 Å². The van der Waals surface area contributed by atoms with Crippen LogP contribution in [-0.4, -0.2) is 28.7 Å². The molecule has 0 atom stereocenters. The zero-order valence-electron chi connectivity index (χ0n) is 6.48. The standard InChI is InChI=1S/C7H7NO4S/c9-3-5(10)8-4-1-2-13-6(4)7(11)12/h1-2,9H,3H2,(H,8,10)(H,11,12). The van der Waals surface area contributed by atoms with E-state index in [-0.39, 0.29) is 10.6 Å². The quantitative estimate of drug-likeness (QED) is 0.659. The minimum absolute atomic E-state index is 0.0572. The molecule has 0 unspecified atom stereocenters. The van der Waals surface area contributed by atoms with Gasteiger partial charge in [0, 0.05) is 0 Å². The van der Waals surface area contributed by atoms with Crippen LogP contribution >= 0.6 is 11.3 Å². The maximum absolute atomic E-state index is 10.7. The second-order valence-corrected chi connectivity index (χ2v) is 3.09. The lowest BCUT2D eigenvalue weighted by atomic mass is 10.4. The Balaban J connectivity index is 2.82. The number of carbonyl (C=O) groups excluding carboxylic acids is 1. The third-order valence-electron chi connectivity index (χ3n) is 1.28. The number of carboxylic acid groups (broad SMARTS) is 1.